The number of hydrogen-bond acceptors (Lipinski definition) is 3. The largest absolute Gasteiger partial charge is 0.497 e. The van der Waals surface area contributed by atoms with Crippen LogP contribution in [0.2, 0.25) is 0 Å². The first-order chi connectivity index (χ1) is 8.24. The Morgan fingerprint density at radius 2 is 2.06 bits per heavy atom. The van der Waals surface area contributed by atoms with Crippen LogP contribution in [0.15, 0.2) is 36.4 Å². The number of aliphatic hydroxyl groups excluding tert-OH is 1. The third-order valence-electron chi connectivity index (χ3n) is 2.73. The summed E-state index contributed by atoms with van der Waals surface area (Å²) in [6.45, 7) is 1.92. The lowest BCUT2D eigenvalue weighted by Gasteiger charge is -2.07. The maximum absolute atomic E-state index is 9.10. The van der Waals surface area contributed by atoms with Crippen LogP contribution in [0, 0.1) is 6.92 Å². The molecule has 0 amide bonds. The third-order valence-corrected chi connectivity index (χ3v) is 2.73. The second-order valence-corrected chi connectivity index (χ2v) is 3.83. The Labute approximate surface area is 101 Å². The van der Waals surface area contributed by atoms with Crippen LogP contribution in [0.25, 0.3) is 11.3 Å². The minimum Gasteiger partial charge on any atom is -0.497 e. The van der Waals surface area contributed by atoms with Gasteiger partial charge in [-0.05, 0) is 30.7 Å². The van der Waals surface area contributed by atoms with Crippen molar-refractivity contribution in [1.82, 2.24) is 4.98 Å². The molecule has 17 heavy (non-hydrogen) atoms. The van der Waals surface area contributed by atoms with Crippen molar-refractivity contribution >= 4 is 0 Å². The number of pyridine rings is 1. The van der Waals surface area contributed by atoms with Gasteiger partial charge in [-0.15, -0.1) is 0 Å². The van der Waals surface area contributed by atoms with Crippen LogP contribution < -0.4 is 4.74 Å². The molecule has 0 saturated heterocycles. The Kier molecular flexibility index (Phi) is 3.40. The van der Waals surface area contributed by atoms with Gasteiger partial charge in [-0.1, -0.05) is 18.2 Å². The molecule has 0 spiro atoms. The topological polar surface area (TPSA) is 42.4 Å². The molecule has 1 aromatic heterocycles. The van der Waals surface area contributed by atoms with Crippen LogP contribution in [0.3, 0.4) is 0 Å². The Balaban J connectivity index is 2.42. The van der Waals surface area contributed by atoms with Gasteiger partial charge in [0.25, 0.3) is 0 Å². The van der Waals surface area contributed by atoms with E-state index in [0.717, 1.165) is 28.3 Å². The minimum atomic E-state index is 0.0250. The van der Waals surface area contributed by atoms with Gasteiger partial charge in [0, 0.05) is 11.3 Å². The molecule has 3 heteroatoms. The molecule has 3 nitrogen and oxygen atoms in total. The Bertz CT molecular complexity index is 523. The fourth-order valence-corrected chi connectivity index (χ4v) is 1.70. The fourth-order valence-electron chi connectivity index (χ4n) is 1.70. The second kappa shape index (κ2) is 4.97. The van der Waals surface area contributed by atoms with Crippen molar-refractivity contribution in [2.75, 3.05) is 7.11 Å². The van der Waals surface area contributed by atoms with Crippen molar-refractivity contribution in [3.8, 4) is 17.0 Å². The molecule has 0 fully saturated rings. The van der Waals surface area contributed by atoms with Crippen LogP contribution in [0.1, 0.15) is 11.3 Å². The lowest BCUT2D eigenvalue weighted by molar-refractivity contribution is 0.280. The summed E-state index contributed by atoms with van der Waals surface area (Å²) >= 11 is 0. The maximum atomic E-state index is 9.10. The quantitative estimate of drug-likeness (QED) is 0.879. The van der Waals surface area contributed by atoms with E-state index in [1.165, 1.54) is 0 Å². The zero-order valence-electron chi connectivity index (χ0n) is 9.97. The normalized spacial score (nSPS) is 10.3. The van der Waals surface area contributed by atoms with Gasteiger partial charge in [-0.3, -0.25) is 4.98 Å². The average Bonchev–Trinajstić information content (AvgIpc) is 2.38. The summed E-state index contributed by atoms with van der Waals surface area (Å²) in [6, 6.07) is 11.6. The number of aliphatic hydroxyl groups is 1. The molecule has 1 N–H and O–H groups in total. The predicted molar refractivity (Wildman–Crippen MR) is 66.9 cm³/mol. The smallest absolute Gasteiger partial charge is 0.119 e. The lowest BCUT2D eigenvalue weighted by atomic mass is 10.1. The highest BCUT2D eigenvalue weighted by atomic mass is 16.5. The van der Waals surface area contributed by atoms with E-state index in [1.807, 2.05) is 43.3 Å². The molecular weight excluding hydrogens is 214 g/mol. The summed E-state index contributed by atoms with van der Waals surface area (Å²) in [5, 5.41) is 9.10. The number of benzene rings is 1. The Morgan fingerprint density at radius 1 is 1.24 bits per heavy atom. The number of aryl methyl sites for hydroxylation is 1. The van der Waals surface area contributed by atoms with Crippen molar-refractivity contribution in [1.29, 1.82) is 0 Å². The standard InChI is InChI=1S/C14H15NO2/c1-10-12(9-16)6-7-14(15-10)11-4-3-5-13(8-11)17-2/h3-8,16H,9H2,1-2H3. The van der Waals surface area contributed by atoms with E-state index in [-0.39, 0.29) is 6.61 Å². The number of rotatable bonds is 3. The van der Waals surface area contributed by atoms with Crippen molar-refractivity contribution in [2.45, 2.75) is 13.5 Å². The number of aromatic nitrogens is 1. The first-order valence-electron chi connectivity index (χ1n) is 5.46. The lowest BCUT2D eigenvalue weighted by Crippen LogP contribution is -1.94. The Morgan fingerprint density at radius 3 is 2.71 bits per heavy atom. The third kappa shape index (κ3) is 2.45. The molecule has 0 bridgehead atoms. The molecule has 0 atom stereocenters. The SMILES string of the molecule is COc1cccc(-c2ccc(CO)c(C)n2)c1. The highest BCUT2D eigenvalue weighted by Crippen LogP contribution is 2.23. The van der Waals surface area contributed by atoms with Crippen molar-refractivity contribution in [2.24, 2.45) is 0 Å². The van der Waals surface area contributed by atoms with E-state index in [1.54, 1.807) is 7.11 Å². The molecule has 88 valence electrons. The van der Waals surface area contributed by atoms with E-state index < -0.39 is 0 Å². The molecule has 0 unspecified atom stereocenters. The van der Waals surface area contributed by atoms with E-state index in [4.69, 9.17) is 9.84 Å². The number of methoxy groups -OCH3 is 1. The fraction of sp³-hybridized carbons (Fsp3) is 0.214. The number of ether oxygens (including phenoxy) is 1. The highest BCUT2D eigenvalue weighted by Gasteiger charge is 2.04. The van der Waals surface area contributed by atoms with Crippen LogP contribution in [-0.4, -0.2) is 17.2 Å². The van der Waals surface area contributed by atoms with E-state index in [2.05, 4.69) is 4.98 Å². The van der Waals surface area contributed by atoms with Crippen molar-refractivity contribution in [3.63, 3.8) is 0 Å². The average molecular weight is 229 g/mol. The van der Waals surface area contributed by atoms with Crippen molar-refractivity contribution in [3.05, 3.63) is 47.7 Å². The molecule has 0 aliphatic carbocycles. The molecule has 2 aromatic rings. The van der Waals surface area contributed by atoms with Gasteiger partial charge in [0.2, 0.25) is 0 Å². The zero-order valence-corrected chi connectivity index (χ0v) is 9.97. The van der Waals surface area contributed by atoms with Gasteiger partial charge in [0.15, 0.2) is 0 Å². The molecule has 1 heterocycles. The first kappa shape index (κ1) is 11.6. The van der Waals surface area contributed by atoms with Crippen molar-refractivity contribution < 1.29 is 9.84 Å². The summed E-state index contributed by atoms with van der Waals surface area (Å²) in [6.07, 6.45) is 0. The van der Waals surface area contributed by atoms with Gasteiger partial charge in [-0.2, -0.15) is 0 Å². The van der Waals surface area contributed by atoms with Gasteiger partial charge in [0.05, 0.1) is 19.4 Å². The van der Waals surface area contributed by atoms with Gasteiger partial charge >= 0.3 is 0 Å². The Hall–Kier alpha value is -1.87. The number of hydrogen-bond donors (Lipinski definition) is 1. The van der Waals surface area contributed by atoms with Crippen LogP contribution in [0.5, 0.6) is 5.75 Å². The molecule has 0 saturated carbocycles. The van der Waals surface area contributed by atoms with Crippen LogP contribution in [0.4, 0.5) is 0 Å². The maximum Gasteiger partial charge on any atom is 0.119 e. The highest BCUT2D eigenvalue weighted by molar-refractivity contribution is 5.61. The summed E-state index contributed by atoms with van der Waals surface area (Å²) in [5.74, 6) is 0.813. The first-order valence-corrected chi connectivity index (χ1v) is 5.46. The predicted octanol–water partition coefficient (Wildman–Crippen LogP) is 2.56. The summed E-state index contributed by atoms with van der Waals surface area (Å²) in [7, 11) is 1.65. The van der Waals surface area contributed by atoms with E-state index in [0.29, 0.717) is 0 Å². The monoisotopic (exact) mass is 229 g/mol. The molecule has 2 rings (SSSR count). The minimum absolute atomic E-state index is 0.0250. The molecule has 0 radical (unpaired) electrons. The molecule has 1 aromatic carbocycles. The number of nitrogens with zero attached hydrogens (tertiary/aromatic N) is 1. The molecule has 0 aliphatic rings. The zero-order chi connectivity index (χ0) is 12.3. The van der Waals surface area contributed by atoms with Gasteiger partial charge in [0.1, 0.15) is 5.75 Å². The van der Waals surface area contributed by atoms with E-state index >= 15 is 0 Å². The van der Waals surface area contributed by atoms with Gasteiger partial charge < -0.3 is 9.84 Å². The molecule has 0 aliphatic heterocycles. The van der Waals surface area contributed by atoms with E-state index in [9.17, 15) is 0 Å². The summed E-state index contributed by atoms with van der Waals surface area (Å²) in [5.41, 5.74) is 3.61. The summed E-state index contributed by atoms with van der Waals surface area (Å²) in [4.78, 5) is 4.47. The molecular formula is C14H15NO2. The second-order valence-electron chi connectivity index (χ2n) is 3.83. The van der Waals surface area contributed by atoms with Gasteiger partial charge in [-0.25, -0.2) is 0 Å². The summed E-state index contributed by atoms with van der Waals surface area (Å²) < 4.78 is 5.18. The van der Waals surface area contributed by atoms with Crippen LogP contribution >= 0.6 is 0 Å². The van der Waals surface area contributed by atoms with Crippen LogP contribution in [-0.2, 0) is 6.61 Å².